The molecule has 0 unspecified atom stereocenters. The number of esters is 1. The van der Waals surface area contributed by atoms with E-state index in [1.807, 2.05) is 67.6 Å². The van der Waals surface area contributed by atoms with E-state index < -0.39 is 19.3 Å². The molecule has 1 N–H and O–H groups in total. The monoisotopic (exact) mass is 368 g/mol. The fraction of sp³-hybridized carbons (Fsp3) is 0.318. The van der Waals surface area contributed by atoms with Gasteiger partial charge in [0.2, 0.25) is 0 Å². The minimum atomic E-state index is -3.08. The zero-order valence-electron chi connectivity index (χ0n) is 16.0. The summed E-state index contributed by atoms with van der Waals surface area (Å²) in [5.74, 6) is -0.484. The quantitative estimate of drug-likeness (QED) is 0.463. The number of benzene rings is 2. The number of hydrogen-bond acceptors (Lipinski definition) is 3. The molecule has 2 aromatic carbocycles. The maximum atomic E-state index is 12.1. The van der Waals surface area contributed by atoms with Gasteiger partial charge in [-0.3, -0.25) is 0 Å². The average molecular weight is 369 g/mol. The first-order valence-electron chi connectivity index (χ1n) is 8.84. The fourth-order valence-corrected chi connectivity index (χ4v) is 7.52. The van der Waals surface area contributed by atoms with Crippen LogP contribution in [0.2, 0.25) is 5.04 Å². The summed E-state index contributed by atoms with van der Waals surface area (Å²) in [6.07, 6.45) is 0.632. The van der Waals surface area contributed by atoms with Crippen LogP contribution < -0.4 is 10.4 Å². The highest BCUT2D eigenvalue weighted by Crippen LogP contribution is 2.42. The van der Waals surface area contributed by atoms with E-state index >= 15 is 0 Å². The van der Waals surface area contributed by atoms with Crippen molar-refractivity contribution in [1.29, 1.82) is 0 Å². The Morgan fingerprint density at radius 3 is 1.88 bits per heavy atom. The SMILES string of the molecule is C=C(C(=O)OC)[C@@H](C)CC(C)(C)[Si](O)(c1ccccc1)c1ccccc1. The van der Waals surface area contributed by atoms with E-state index in [0.717, 1.165) is 10.4 Å². The van der Waals surface area contributed by atoms with Crippen molar-refractivity contribution in [2.45, 2.75) is 32.2 Å². The van der Waals surface area contributed by atoms with Crippen LogP contribution in [0, 0.1) is 5.92 Å². The third-order valence-corrected chi connectivity index (χ3v) is 9.72. The summed E-state index contributed by atoms with van der Waals surface area (Å²) in [6, 6.07) is 19.8. The van der Waals surface area contributed by atoms with Crippen LogP contribution in [0.15, 0.2) is 72.8 Å². The van der Waals surface area contributed by atoms with Gasteiger partial charge >= 0.3 is 5.97 Å². The lowest BCUT2D eigenvalue weighted by Crippen LogP contribution is -2.65. The summed E-state index contributed by atoms with van der Waals surface area (Å²) >= 11 is 0. The van der Waals surface area contributed by atoms with E-state index in [9.17, 15) is 9.59 Å². The second kappa shape index (κ2) is 8.02. The number of methoxy groups -OCH3 is 1. The Balaban J connectivity index is 2.48. The molecule has 26 heavy (non-hydrogen) atoms. The van der Waals surface area contributed by atoms with Crippen LogP contribution >= 0.6 is 0 Å². The van der Waals surface area contributed by atoms with E-state index in [4.69, 9.17) is 4.74 Å². The van der Waals surface area contributed by atoms with Gasteiger partial charge < -0.3 is 9.53 Å². The Labute approximate surface area is 157 Å². The Morgan fingerprint density at radius 2 is 1.50 bits per heavy atom. The molecule has 4 heteroatoms. The van der Waals surface area contributed by atoms with Crippen LogP contribution in [-0.2, 0) is 9.53 Å². The van der Waals surface area contributed by atoms with Crippen molar-refractivity contribution < 1.29 is 14.3 Å². The average Bonchev–Trinajstić information content (AvgIpc) is 2.66. The number of carbonyl (C=O) groups excluding carboxylic acids is 1. The second-order valence-electron chi connectivity index (χ2n) is 7.45. The summed E-state index contributed by atoms with van der Waals surface area (Å²) in [5, 5.41) is 1.51. The van der Waals surface area contributed by atoms with Crippen LogP contribution in [0.1, 0.15) is 27.2 Å². The molecule has 0 fully saturated rings. The van der Waals surface area contributed by atoms with Crippen molar-refractivity contribution in [3.05, 3.63) is 72.8 Å². The minimum absolute atomic E-state index is 0.0936. The summed E-state index contributed by atoms with van der Waals surface area (Å²) in [6.45, 7) is 10.0. The molecule has 138 valence electrons. The molecule has 0 heterocycles. The van der Waals surface area contributed by atoms with Gasteiger partial charge in [0, 0.05) is 5.57 Å². The zero-order chi connectivity index (χ0) is 19.4. The lowest BCUT2D eigenvalue weighted by atomic mass is 9.92. The third kappa shape index (κ3) is 3.81. The first-order chi connectivity index (χ1) is 12.2. The van der Waals surface area contributed by atoms with Crippen LogP contribution in [0.5, 0.6) is 0 Å². The van der Waals surface area contributed by atoms with Gasteiger partial charge in [-0.15, -0.1) is 0 Å². The molecule has 0 radical (unpaired) electrons. The molecule has 0 bridgehead atoms. The Kier molecular flexibility index (Phi) is 6.21. The molecule has 0 aromatic heterocycles. The molecular weight excluding hydrogens is 340 g/mol. The number of carbonyl (C=O) groups is 1. The Hall–Kier alpha value is -2.17. The van der Waals surface area contributed by atoms with Crippen LogP contribution in [0.3, 0.4) is 0 Å². The number of hydrogen-bond donors (Lipinski definition) is 1. The highest BCUT2D eigenvalue weighted by molar-refractivity contribution is 6.98. The maximum absolute atomic E-state index is 12.1. The van der Waals surface area contributed by atoms with Gasteiger partial charge in [0.05, 0.1) is 7.11 Å². The molecule has 0 spiro atoms. The van der Waals surface area contributed by atoms with Crippen molar-refractivity contribution in [3.8, 4) is 0 Å². The molecule has 0 aliphatic rings. The van der Waals surface area contributed by atoms with Crippen molar-refractivity contribution in [3.63, 3.8) is 0 Å². The number of ether oxygens (including phenoxy) is 1. The maximum Gasteiger partial charge on any atom is 0.333 e. The predicted molar refractivity (Wildman–Crippen MR) is 109 cm³/mol. The van der Waals surface area contributed by atoms with Gasteiger partial charge in [0.15, 0.2) is 0 Å². The fourth-order valence-electron chi connectivity index (χ4n) is 3.68. The van der Waals surface area contributed by atoms with E-state index in [2.05, 4.69) is 20.4 Å². The van der Waals surface area contributed by atoms with Crippen molar-refractivity contribution in [2.24, 2.45) is 5.92 Å². The smallest absolute Gasteiger partial charge is 0.333 e. The minimum Gasteiger partial charge on any atom is -0.466 e. The van der Waals surface area contributed by atoms with Crippen molar-refractivity contribution in [1.82, 2.24) is 0 Å². The third-order valence-electron chi connectivity index (χ3n) is 5.22. The molecule has 0 aliphatic carbocycles. The standard InChI is InChI=1S/C22H28O3Si/c1-17(18(2)21(23)25-5)16-22(3,4)26(24,19-12-8-6-9-13-19)20-14-10-7-11-15-20/h6-15,17,24H,2,16H2,1,3-5H3/t17-/m0/s1. The molecule has 1 atom stereocenters. The van der Waals surface area contributed by atoms with E-state index in [1.54, 1.807) is 0 Å². The molecular formula is C22H28O3Si. The van der Waals surface area contributed by atoms with Gasteiger partial charge in [-0.05, 0) is 27.8 Å². The molecule has 3 nitrogen and oxygen atoms in total. The molecule has 0 saturated carbocycles. The highest BCUT2D eigenvalue weighted by atomic mass is 28.4. The molecule has 0 saturated heterocycles. The van der Waals surface area contributed by atoms with Gasteiger partial charge in [0.1, 0.15) is 0 Å². The zero-order valence-corrected chi connectivity index (χ0v) is 17.0. The van der Waals surface area contributed by atoms with Gasteiger partial charge in [-0.2, -0.15) is 0 Å². The molecule has 0 amide bonds. The first kappa shape index (κ1) is 20.1. The van der Waals surface area contributed by atoms with Crippen LogP contribution in [-0.4, -0.2) is 26.2 Å². The number of rotatable bonds is 7. The molecule has 0 aliphatic heterocycles. The normalized spacial score (nSPS) is 13.1. The summed E-state index contributed by atoms with van der Waals surface area (Å²) < 4.78 is 4.81. The summed E-state index contributed by atoms with van der Waals surface area (Å²) in [7, 11) is -1.71. The van der Waals surface area contributed by atoms with Crippen molar-refractivity contribution in [2.75, 3.05) is 7.11 Å². The van der Waals surface area contributed by atoms with E-state index in [-0.39, 0.29) is 5.92 Å². The van der Waals surface area contributed by atoms with E-state index in [1.165, 1.54) is 7.11 Å². The van der Waals surface area contributed by atoms with Gasteiger partial charge in [-0.1, -0.05) is 88.0 Å². The predicted octanol–water partition coefficient (Wildman–Crippen LogP) is 3.27. The summed E-state index contributed by atoms with van der Waals surface area (Å²) in [5.41, 5.74) is 0.443. The lowest BCUT2D eigenvalue weighted by Gasteiger charge is -2.42. The topological polar surface area (TPSA) is 46.5 Å². The van der Waals surface area contributed by atoms with Gasteiger partial charge in [0.25, 0.3) is 8.32 Å². The second-order valence-corrected chi connectivity index (χ2v) is 11.4. The van der Waals surface area contributed by atoms with Crippen LogP contribution in [0.25, 0.3) is 0 Å². The summed E-state index contributed by atoms with van der Waals surface area (Å²) in [4.78, 5) is 24.0. The first-order valence-corrected chi connectivity index (χ1v) is 10.8. The van der Waals surface area contributed by atoms with Gasteiger partial charge in [-0.25, -0.2) is 4.79 Å². The molecule has 2 aromatic rings. The molecule has 2 rings (SSSR count). The largest absolute Gasteiger partial charge is 0.466 e. The Bertz CT molecular complexity index is 714. The highest BCUT2D eigenvalue weighted by Gasteiger charge is 2.50. The lowest BCUT2D eigenvalue weighted by molar-refractivity contribution is -0.136. The van der Waals surface area contributed by atoms with E-state index in [0.29, 0.717) is 12.0 Å². The van der Waals surface area contributed by atoms with Crippen molar-refractivity contribution >= 4 is 24.7 Å². The Morgan fingerprint density at radius 1 is 1.08 bits per heavy atom. The van der Waals surface area contributed by atoms with Crippen LogP contribution in [0.4, 0.5) is 0 Å².